The fourth-order valence-electron chi connectivity index (χ4n) is 4.03. The first-order valence-corrected chi connectivity index (χ1v) is 13.7. The molecule has 1 atom stereocenters. The van der Waals surface area contributed by atoms with Crippen molar-refractivity contribution >= 4 is 50.7 Å². The van der Waals surface area contributed by atoms with E-state index in [1.807, 2.05) is 30.3 Å². The summed E-state index contributed by atoms with van der Waals surface area (Å²) in [6.07, 6.45) is 4.97. The lowest BCUT2D eigenvalue weighted by molar-refractivity contribution is -0.139. The quantitative estimate of drug-likeness (QED) is 0.530. The second kappa shape index (κ2) is 11.4. The summed E-state index contributed by atoms with van der Waals surface area (Å²) in [6, 6.07) is 12.9. The van der Waals surface area contributed by atoms with Crippen molar-refractivity contribution in [2.24, 2.45) is 0 Å². The molecule has 0 bridgehead atoms. The molecule has 0 heterocycles. The topological polar surface area (TPSA) is 86.8 Å². The zero-order valence-electron chi connectivity index (χ0n) is 19.2. The van der Waals surface area contributed by atoms with Gasteiger partial charge >= 0.3 is 0 Å². The number of halogens is 2. The number of amides is 2. The van der Waals surface area contributed by atoms with Gasteiger partial charge in [-0.1, -0.05) is 66.4 Å². The van der Waals surface area contributed by atoms with Gasteiger partial charge in [0.2, 0.25) is 21.8 Å². The normalized spacial score (nSPS) is 15.1. The summed E-state index contributed by atoms with van der Waals surface area (Å²) in [5.74, 6) is -0.777. The number of hydrogen-bond donors (Lipinski definition) is 1. The molecule has 2 amide bonds. The zero-order valence-corrected chi connectivity index (χ0v) is 21.5. The largest absolute Gasteiger partial charge is 0.352 e. The monoisotopic (exact) mass is 525 g/mol. The van der Waals surface area contributed by atoms with E-state index < -0.39 is 28.5 Å². The third-order valence-electron chi connectivity index (χ3n) is 5.92. The molecule has 0 spiro atoms. The first-order valence-electron chi connectivity index (χ1n) is 11.1. The van der Waals surface area contributed by atoms with Crippen molar-refractivity contribution in [1.82, 2.24) is 10.2 Å². The van der Waals surface area contributed by atoms with E-state index in [0.29, 0.717) is 5.02 Å². The molecular weight excluding hydrogens is 497 g/mol. The van der Waals surface area contributed by atoms with Gasteiger partial charge in [-0.3, -0.25) is 13.9 Å². The number of benzene rings is 2. The Morgan fingerprint density at radius 1 is 1.09 bits per heavy atom. The van der Waals surface area contributed by atoms with Crippen LogP contribution in [0.2, 0.25) is 10.0 Å². The fourth-order valence-corrected chi connectivity index (χ4v) is 5.46. The molecule has 1 aliphatic rings. The van der Waals surface area contributed by atoms with Gasteiger partial charge in [-0.2, -0.15) is 0 Å². The van der Waals surface area contributed by atoms with Gasteiger partial charge in [-0.05, 0) is 43.5 Å². The number of hydrogen-bond acceptors (Lipinski definition) is 4. The molecule has 0 saturated heterocycles. The van der Waals surface area contributed by atoms with Gasteiger partial charge in [0.15, 0.2) is 0 Å². The lowest BCUT2D eigenvalue weighted by Gasteiger charge is -2.32. The molecule has 10 heteroatoms. The number of nitrogens with zero attached hydrogens (tertiary/aromatic N) is 2. The number of rotatable bonds is 9. The second-order valence-electron chi connectivity index (χ2n) is 8.54. The van der Waals surface area contributed by atoms with Crippen LogP contribution in [0.25, 0.3) is 0 Å². The van der Waals surface area contributed by atoms with Crippen molar-refractivity contribution < 1.29 is 18.0 Å². The predicted molar refractivity (Wildman–Crippen MR) is 136 cm³/mol. The van der Waals surface area contributed by atoms with Gasteiger partial charge in [-0.15, -0.1) is 0 Å². The van der Waals surface area contributed by atoms with Crippen molar-refractivity contribution in [2.75, 3.05) is 17.1 Å². The highest BCUT2D eigenvalue weighted by atomic mass is 35.5. The van der Waals surface area contributed by atoms with E-state index in [1.165, 1.54) is 23.1 Å². The second-order valence-corrected chi connectivity index (χ2v) is 11.3. The molecule has 1 saturated carbocycles. The molecule has 0 radical (unpaired) electrons. The standard InChI is InChI=1S/C24H29Cl2N3O4S/c1-17(24(31)27-20-10-6-7-11-20)28(15-18-8-4-3-5-9-18)23(30)16-29(34(2,32)33)22-13-12-19(25)14-21(22)26/h3-5,8-9,12-14,17,20H,6-7,10-11,15-16H2,1-2H3,(H,27,31)/t17-/m0/s1. The molecule has 0 aliphatic heterocycles. The highest BCUT2D eigenvalue weighted by molar-refractivity contribution is 7.92. The first-order chi connectivity index (χ1) is 16.1. The van der Waals surface area contributed by atoms with Gasteiger partial charge in [0, 0.05) is 17.6 Å². The van der Waals surface area contributed by atoms with Crippen LogP contribution >= 0.6 is 23.2 Å². The smallest absolute Gasteiger partial charge is 0.244 e. The highest BCUT2D eigenvalue weighted by Gasteiger charge is 2.31. The van der Waals surface area contributed by atoms with Crippen LogP contribution < -0.4 is 9.62 Å². The van der Waals surface area contributed by atoms with Crippen LogP contribution in [0.3, 0.4) is 0 Å². The molecule has 2 aromatic carbocycles. The molecule has 2 aromatic rings. The summed E-state index contributed by atoms with van der Waals surface area (Å²) in [6.45, 7) is 1.31. The average molecular weight is 526 g/mol. The zero-order chi connectivity index (χ0) is 24.9. The van der Waals surface area contributed by atoms with Gasteiger partial charge in [0.05, 0.1) is 17.0 Å². The minimum atomic E-state index is -3.86. The van der Waals surface area contributed by atoms with E-state index in [1.54, 1.807) is 6.92 Å². The van der Waals surface area contributed by atoms with Gasteiger partial charge in [0.1, 0.15) is 12.6 Å². The van der Waals surface area contributed by atoms with Crippen LogP contribution in [0, 0.1) is 0 Å². The van der Waals surface area contributed by atoms with Crippen LogP contribution in [0.5, 0.6) is 0 Å². The van der Waals surface area contributed by atoms with E-state index in [9.17, 15) is 18.0 Å². The number of anilines is 1. The Balaban J connectivity index is 1.88. The van der Waals surface area contributed by atoms with E-state index >= 15 is 0 Å². The van der Waals surface area contributed by atoms with Crippen molar-refractivity contribution in [3.8, 4) is 0 Å². The lowest BCUT2D eigenvalue weighted by Crippen LogP contribution is -2.52. The lowest BCUT2D eigenvalue weighted by atomic mass is 10.1. The molecule has 0 unspecified atom stereocenters. The molecule has 0 aromatic heterocycles. The summed E-state index contributed by atoms with van der Waals surface area (Å²) in [7, 11) is -3.86. The first kappa shape index (κ1) is 26.3. The van der Waals surface area contributed by atoms with Crippen LogP contribution in [0.1, 0.15) is 38.2 Å². The highest BCUT2D eigenvalue weighted by Crippen LogP contribution is 2.30. The summed E-state index contributed by atoms with van der Waals surface area (Å²) in [4.78, 5) is 27.9. The summed E-state index contributed by atoms with van der Waals surface area (Å²) < 4.78 is 26.1. The van der Waals surface area contributed by atoms with Crippen molar-refractivity contribution in [3.05, 3.63) is 64.1 Å². The third kappa shape index (κ3) is 6.87. The van der Waals surface area contributed by atoms with Crippen LogP contribution in [0.4, 0.5) is 5.69 Å². The van der Waals surface area contributed by atoms with Crippen molar-refractivity contribution in [3.63, 3.8) is 0 Å². The number of sulfonamides is 1. The van der Waals surface area contributed by atoms with E-state index in [0.717, 1.165) is 41.8 Å². The average Bonchev–Trinajstić information content (AvgIpc) is 3.28. The van der Waals surface area contributed by atoms with Crippen molar-refractivity contribution in [1.29, 1.82) is 0 Å². The summed E-state index contributed by atoms with van der Waals surface area (Å²) in [5.41, 5.74) is 0.969. The van der Waals surface area contributed by atoms with Crippen LogP contribution in [-0.4, -0.2) is 50.0 Å². The Kier molecular flexibility index (Phi) is 8.84. The Morgan fingerprint density at radius 3 is 2.32 bits per heavy atom. The maximum Gasteiger partial charge on any atom is 0.244 e. The maximum absolute atomic E-state index is 13.5. The number of carbonyl (C=O) groups is 2. The molecule has 184 valence electrons. The van der Waals surface area contributed by atoms with E-state index in [4.69, 9.17) is 23.2 Å². The third-order valence-corrected chi connectivity index (χ3v) is 7.59. The van der Waals surface area contributed by atoms with Crippen LogP contribution in [-0.2, 0) is 26.2 Å². The van der Waals surface area contributed by atoms with Gasteiger partial charge in [0.25, 0.3) is 0 Å². The van der Waals surface area contributed by atoms with Crippen LogP contribution in [0.15, 0.2) is 48.5 Å². The summed E-state index contributed by atoms with van der Waals surface area (Å²) >= 11 is 12.2. The Bertz CT molecular complexity index is 1120. The molecular formula is C24H29Cl2N3O4S. The molecule has 34 heavy (non-hydrogen) atoms. The maximum atomic E-state index is 13.5. The number of carbonyl (C=O) groups excluding carboxylic acids is 2. The SMILES string of the molecule is C[C@@H](C(=O)NC1CCCC1)N(Cc1ccccc1)C(=O)CN(c1ccc(Cl)cc1Cl)S(C)(=O)=O. The molecule has 7 nitrogen and oxygen atoms in total. The fraction of sp³-hybridized carbons (Fsp3) is 0.417. The molecule has 1 fully saturated rings. The molecule has 3 rings (SSSR count). The minimum absolute atomic E-state index is 0.101. The number of nitrogens with one attached hydrogen (secondary N) is 1. The molecule has 1 aliphatic carbocycles. The van der Waals surface area contributed by atoms with Crippen molar-refractivity contribution in [2.45, 2.75) is 51.2 Å². The summed E-state index contributed by atoms with van der Waals surface area (Å²) in [5, 5.41) is 3.48. The Labute approximate surface area is 211 Å². The molecule has 1 N–H and O–H groups in total. The minimum Gasteiger partial charge on any atom is -0.352 e. The Hall–Kier alpha value is -2.29. The van der Waals surface area contributed by atoms with E-state index in [2.05, 4.69) is 5.32 Å². The van der Waals surface area contributed by atoms with E-state index in [-0.39, 0.29) is 29.2 Å². The predicted octanol–water partition coefficient (Wildman–Crippen LogP) is 4.24. The van der Waals surface area contributed by atoms with Gasteiger partial charge in [-0.25, -0.2) is 8.42 Å². The van der Waals surface area contributed by atoms with Gasteiger partial charge < -0.3 is 10.2 Å². The Morgan fingerprint density at radius 2 is 1.74 bits per heavy atom.